The molecule has 1 aromatic carbocycles. The predicted molar refractivity (Wildman–Crippen MR) is 164 cm³/mol. The smallest absolute Gasteiger partial charge is 0.251 e. The van der Waals surface area contributed by atoms with E-state index in [1.807, 2.05) is 0 Å². The normalized spacial score (nSPS) is 19.0. The zero-order valence-electron chi connectivity index (χ0n) is 24.9. The van der Waals surface area contributed by atoms with Gasteiger partial charge in [-0.25, -0.2) is 18.2 Å². The van der Waals surface area contributed by atoms with Gasteiger partial charge in [0.15, 0.2) is 11.6 Å². The van der Waals surface area contributed by atoms with Crippen LogP contribution in [0.3, 0.4) is 0 Å². The van der Waals surface area contributed by atoms with Crippen molar-refractivity contribution in [2.75, 3.05) is 4.90 Å². The van der Waals surface area contributed by atoms with Crippen LogP contribution in [0.4, 0.5) is 19.0 Å². The summed E-state index contributed by atoms with van der Waals surface area (Å²) in [5.74, 6) is -6.36. The van der Waals surface area contributed by atoms with Gasteiger partial charge in [0.05, 0.1) is 5.56 Å². The largest absolute Gasteiger partial charge is 0.351 e. The number of rotatable bonds is 9. The number of carbonyl (C=O) groups is 3. The molecule has 2 fully saturated rings. The molecule has 0 spiro atoms. The maximum absolute atomic E-state index is 15.3. The molecule has 0 bridgehead atoms. The number of carbonyl (C=O) groups excluding carboxylic acids is 3. The molecule has 1 saturated heterocycles. The third-order valence-electron chi connectivity index (χ3n) is 7.73. The van der Waals surface area contributed by atoms with Crippen LogP contribution in [-0.2, 0) is 14.4 Å². The van der Waals surface area contributed by atoms with Gasteiger partial charge in [-0.05, 0) is 57.4 Å². The minimum Gasteiger partial charge on any atom is -0.351 e. The first-order valence-corrected chi connectivity index (χ1v) is 14.9. The molecule has 2 aliphatic rings. The number of anilines is 1. The van der Waals surface area contributed by atoms with E-state index in [0.29, 0.717) is 0 Å². The Balaban J connectivity index is 1.87. The summed E-state index contributed by atoms with van der Waals surface area (Å²) in [6.45, 7) is 7.32. The number of pyridine rings is 1. The molecular formula is C33H33ClF3N5O3. The lowest BCUT2D eigenvalue weighted by Gasteiger charge is -2.37. The number of benzene rings is 1. The van der Waals surface area contributed by atoms with Crippen molar-refractivity contribution in [3.63, 3.8) is 0 Å². The lowest BCUT2D eigenvalue weighted by molar-refractivity contribution is -0.140. The second kappa shape index (κ2) is 14.1. The first-order chi connectivity index (χ1) is 21.4. The van der Waals surface area contributed by atoms with Gasteiger partial charge in [0.25, 0.3) is 5.91 Å². The van der Waals surface area contributed by atoms with E-state index in [4.69, 9.17) is 11.6 Å². The lowest BCUT2D eigenvalue weighted by atomic mass is 9.91. The minimum absolute atomic E-state index is 0.0309. The summed E-state index contributed by atoms with van der Waals surface area (Å²) in [6, 6.07) is 5.98. The van der Waals surface area contributed by atoms with Crippen molar-refractivity contribution in [3.05, 3.63) is 94.6 Å². The number of aromatic nitrogens is 1. The summed E-state index contributed by atoms with van der Waals surface area (Å²) < 4.78 is 43.1. The van der Waals surface area contributed by atoms with Gasteiger partial charge in [-0.15, -0.1) is 0 Å². The molecule has 1 aliphatic heterocycles. The number of hydrogen-bond donors (Lipinski definition) is 1. The van der Waals surface area contributed by atoms with E-state index in [1.54, 1.807) is 50.3 Å². The van der Waals surface area contributed by atoms with Crippen molar-refractivity contribution in [1.82, 2.24) is 15.2 Å². The van der Waals surface area contributed by atoms with E-state index in [9.17, 15) is 28.4 Å². The van der Waals surface area contributed by atoms with Crippen LogP contribution >= 0.6 is 11.6 Å². The molecule has 0 radical (unpaired) electrons. The Bertz CT molecular complexity index is 1590. The number of nitriles is 1. The molecule has 0 unspecified atom stereocenters. The molecule has 1 saturated carbocycles. The Kier molecular flexibility index (Phi) is 10.5. The summed E-state index contributed by atoms with van der Waals surface area (Å²) in [5, 5.41) is 12.4. The average Bonchev–Trinajstić information content (AvgIpc) is 3.37. The SMILES string of the molecule is C=C/C=C(\C=C(C)C)N(C(=O)[C@@H]1CCC(=O)N1c1nccc(C#N)c1F)[C@H](C(=O)NC1CCC(F)(F)CC1)c1ccccc1Cl. The van der Waals surface area contributed by atoms with Gasteiger partial charge in [0.2, 0.25) is 17.7 Å². The standard InChI is InChI=1S/C33H33ClF3N5O3/c1-4-7-23(18-20(2)3)41(32(45)26-10-11-27(43)42(26)30-28(35)21(19-38)14-17-39-30)29(24-8-5-6-9-25(24)34)31(44)40-22-12-15-33(36,37)16-13-22/h4-9,14,17-18,22,26,29H,1,10-13,15-16H2,2-3H3,(H,40,44)/b23-7+/t26-,29-/m0/s1. The second-order valence-electron chi connectivity index (χ2n) is 11.2. The Morgan fingerprint density at radius 1 is 1.22 bits per heavy atom. The molecule has 1 N–H and O–H groups in total. The molecule has 2 aromatic rings. The molecule has 2 atom stereocenters. The molecule has 8 nitrogen and oxygen atoms in total. The van der Waals surface area contributed by atoms with Crippen molar-refractivity contribution in [1.29, 1.82) is 5.26 Å². The fraction of sp³-hybridized carbons (Fsp3) is 0.364. The summed E-state index contributed by atoms with van der Waals surface area (Å²) >= 11 is 6.61. The van der Waals surface area contributed by atoms with Gasteiger partial charge in [-0.1, -0.05) is 48.0 Å². The highest BCUT2D eigenvalue weighted by atomic mass is 35.5. The number of hydrogen-bond acceptors (Lipinski definition) is 5. The van der Waals surface area contributed by atoms with Gasteiger partial charge in [0, 0.05) is 47.8 Å². The Morgan fingerprint density at radius 2 is 1.91 bits per heavy atom. The predicted octanol–water partition coefficient (Wildman–Crippen LogP) is 6.54. The average molecular weight is 640 g/mol. The van der Waals surface area contributed by atoms with Crippen molar-refractivity contribution in [3.8, 4) is 6.07 Å². The maximum Gasteiger partial charge on any atom is 0.251 e. The van der Waals surface area contributed by atoms with Crippen LogP contribution in [0.2, 0.25) is 5.02 Å². The van der Waals surface area contributed by atoms with Crippen LogP contribution in [0.25, 0.3) is 0 Å². The van der Waals surface area contributed by atoms with Crippen molar-refractivity contribution in [2.24, 2.45) is 0 Å². The van der Waals surface area contributed by atoms with Gasteiger partial charge in [-0.3, -0.25) is 24.2 Å². The monoisotopic (exact) mass is 639 g/mol. The number of allylic oxidation sites excluding steroid dienone is 4. The molecule has 3 amide bonds. The maximum atomic E-state index is 15.3. The molecule has 1 aromatic heterocycles. The van der Waals surface area contributed by atoms with Gasteiger partial charge >= 0.3 is 0 Å². The third-order valence-corrected chi connectivity index (χ3v) is 8.07. The fourth-order valence-electron chi connectivity index (χ4n) is 5.61. The summed E-state index contributed by atoms with van der Waals surface area (Å²) in [7, 11) is 0. The number of alkyl halides is 2. The molecule has 236 valence electrons. The van der Waals surface area contributed by atoms with E-state index in [2.05, 4.69) is 16.9 Å². The van der Waals surface area contributed by atoms with Crippen LogP contribution in [0.5, 0.6) is 0 Å². The van der Waals surface area contributed by atoms with Crippen molar-refractivity contribution >= 4 is 35.1 Å². The molecular weight excluding hydrogens is 607 g/mol. The van der Waals surface area contributed by atoms with Crippen molar-refractivity contribution < 1.29 is 27.6 Å². The number of halogens is 4. The second-order valence-corrected chi connectivity index (χ2v) is 11.7. The van der Waals surface area contributed by atoms with Crippen LogP contribution in [0.1, 0.15) is 69.5 Å². The summed E-state index contributed by atoms with van der Waals surface area (Å²) in [6.07, 6.45) is 4.89. The number of amides is 3. The van der Waals surface area contributed by atoms with E-state index < -0.39 is 66.2 Å². The highest BCUT2D eigenvalue weighted by molar-refractivity contribution is 6.31. The molecule has 12 heteroatoms. The Labute approximate surface area is 264 Å². The first kappa shape index (κ1) is 33.5. The molecule has 2 heterocycles. The van der Waals surface area contributed by atoms with Gasteiger partial charge in [0.1, 0.15) is 18.2 Å². The van der Waals surface area contributed by atoms with Crippen LogP contribution in [-0.4, -0.2) is 45.6 Å². The summed E-state index contributed by atoms with van der Waals surface area (Å²) in [4.78, 5) is 48.2. The zero-order chi connectivity index (χ0) is 32.9. The topological polar surface area (TPSA) is 106 Å². The van der Waals surface area contributed by atoms with Crippen LogP contribution in [0, 0.1) is 17.1 Å². The van der Waals surface area contributed by atoms with Crippen LogP contribution < -0.4 is 10.2 Å². The van der Waals surface area contributed by atoms with E-state index in [-0.39, 0.29) is 47.5 Å². The first-order valence-electron chi connectivity index (χ1n) is 14.5. The molecule has 1 aliphatic carbocycles. The molecule has 4 rings (SSSR count). The number of nitrogens with one attached hydrogen (secondary N) is 1. The fourth-order valence-corrected chi connectivity index (χ4v) is 5.85. The third kappa shape index (κ3) is 7.45. The van der Waals surface area contributed by atoms with Gasteiger partial charge < -0.3 is 5.32 Å². The Hall–Kier alpha value is -4.43. The summed E-state index contributed by atoms with van der Waals surface area (Å²) in [5.41, 5.74) is 0.868. The van der Waals surface area contributed by atoms with E-state index in [0.717, 1.165) is 16.5 Å². The van der Waals surface area contributed by atoms with Crippen molar-refractivity contribution in [2.45, 2.75) is 76.4 Å². The highest BCUT2D eigenvalue weighted by Crippen LogP contribution is 2.38. The van der Waals surface area contributed by atoms with E-state index >= 15 is 4.39 Å². The highest BCUT2D eigenvalue weighted by Gasteiger charge is 2.46. The molecule has 45 heavy (non-hydrogen) atoms. The Morgan fingerprint density at radius 3 is 2.53 bits per heavy atom. The van der Waals surface area contributed by atoms with Crippen LogP contribution in [0.15, 0.2) is 72.6 Å². The quantitative estimate of drug-likeness (QED) is 0.314. The zero-order valence-corrected chi connectivity index (χ0v) is 25.7. The van der Waals surface area contributed by atoms with E-state index in [1.165, 1.54) is 23.2 Å². The lowest BCUT2D eigenvalue weighted by Crippen LogP contribution is -2.52. The minimum atomic E-state index is -2.82. The van der Waals surface area contributed by atoms with Gasteiger partial charge in [-0.2, -0.15) is 5.26 Å². The number of nitrogens with zero attached hydrogens (tertiary/aromatic N) is 4.